The smallest absolute Gasteiger partial charge is 0.291 e. The summed E-state index contributed by atoms with van der Waals surface area (Å²) < 4.78 is 39.4. The van der Waals surface area contributed by atoms with Crippen LogP contribution in [-0.2, 0) is 13.2 Å². The number of aryl methyl sites for hydroxylation is 1. The third kappa shape index (κ3) is 5.23. The third-order valence-electron chi connectivity index (χ3n) is 4.99. The molecule has 9 heteroatoms. The molecule has 4 rings (SSSR count). The monoisotopic (exact) mass is 471 g/mol. The number of carbonyl (C=O) groups excluding carboxylic acids is 1. The van der Waals surface area contributed by atoms with Crippen LogP contribution in [-0.4, -0.2) is 15.7 Å². The molecule has 6 nitrogen and oxygen atoms in total. The van der Waals surface area contributed by atoms with E-state index in [0.717, 1.165) is 17.3 Å². The van der Waals surface area contributed by atoms with Crippen molar-refractivity contribution in [2.24, 2.45) is 0 Å². The molecule has 0 unspecified atom stereocenters. The Morgan fingerprint density at radius 1 is 1.12 bits per heavy atom. The molecule has 0 fully saturated rings. The zero-order chi connectivity index (χ0) is 23.5. The maximum absolute atomic E-state index is 13.5. The Morgan fingerprint density at radius 3 is 2.67 bits per heavy atom. The van der Waals surface area contributed by atoms with Gasteiger partial charge < -0.3 is 14.5 Å². The van der Waals surface area contributed by atoms with Crippen LogP contribution in [0.4, 0.5) is 14.5 Å². The molecule has 0 aliphatic carbocycles. The van der Waals surface area contributed by atoms with Crippen LogP contribution in [0.3, 0.4) is 0 Å². The summed E-state index contributed by atoms with van der Waals surface area (Å²) in [5.41, 5.74) is 2.67. The molecule has 0 aliphatic rings. The number of benzene rings is 2. The lowest BCUT2D eigenvalue weighted by Gasteiger charge is -2.07. The van der Waals surface area contributed by atoms with E-state index in [1.807, 2.05) is 13.0 Å². The first-order chi connectivity index (χ1) is 15.8. The van der Waals surface area contributed by atoms with E-state index in [2.05, 4.69) is 10.4 Å². The zero-order valence-electron chi connectivity index (χ0n) is 17.9. The molecule has 2 aromatic heterocycles. The summed E-state index contributed by atoms with van der Waals surface area (Å²) in [6.45, 7) is 3.98. The Kier molecular flexibility index (Phi) is 6.46. The molecule has 0 saturated heterocycles. The number of hydrogen-bond acceptors (Lipinski definition) is 4. The van der Waals surface area contributed by atoms with Crippen molar-refractivity contribution < 1.29 is 22.7 Å². The van der Waals surface area contributed by atoms with Crippen molar-refractivity contribution in [3.05, 3.63) is 99.7 Å². The van der Waals surface area contributed by atoms with Gasteiger partial charge in [0.15, 0.2) is 5.76 Å². The Balaban J connectivity index is 1.42. The van der Waals surface area contributed by atoms with E-state index < -0.39 is 11.7 Å². The molecular formula is C24H20ClF2N3O3. The van der Waals surface area contributed by atoms with Gasteiger partial charge in [0.1, 0.15) is 29.8 Å². The van der Waals surface area contributed by atoms with Crippen LogP contribution < -0.4 is 10.1 Å². The summed E-state index contributed by atoms with van der Waals surface area (Å²) >= 11 is 5.95. The van der Waals surface area contributed by atoms with E-state index in [1.165, 1.54) is 30.3 Å². The molecule has 0 bridgehead atoms. The largest absolute Gasteiger partial charge is 0.484 e. The second kappa shape index (κ2) is 9.46. The number of nitrogens with zero attached hydrogens (tertiary/aromatic N) is 2. The average molecular weight is 472 g/mol. The van der Waals surface area contributed by atoms with Gasteiger partial charge in [0.2, 0.25) is 0 Å². The van der Waals surface area contributed by atoms with E-state index in [0.29, 0.717) is 29.4 Å². The number of carbonyl (C=O) groups is 1. The number of halogens is 3. The summed E-state index contributed by atoms with van der Waals surface area (Å²) in [5.74, 6) is -0.433. The van der Waals surface area contributed by atoms with Crippen molar-refractivity contribution in [3.8, 4) is 5.75 Å². The fourth-order valence-corrected chi connectivity index (χ4v) is 3.56. The Hall–Kier alpha value is -3.65. The van der Waals surface area contributed by atoms with Gasteiger partial charge in [0.05, 0.1) is 28.6 Å². The predicted molar refractivity (Wildman–Crippen MR) is 120 cm³/mol. The normalized spacial score (nSPS) is 10.9. The maximum atomic E-state index is 13.5. The minimum atomic E-state index is -0.464. The number of hydrogen-bond donors (Lipinski definition) is 1. The quantitative estimate of drug-likeness (QED) is 0.364. The minimum Gasteiger partial charge on any atom is -0.484 e. The van der Waals surface area contributed by atoms with Crippen LogP contribution in [0.2, 0.25) is 5.02 Å². The van der Waals surface area contributed by atoms with Gasteiger partial charge in [-0.05, 0) is 61.9 Å². The zero-order valence-corrected chi connectivity index (χ0v) is 18.6. The van der Waals surface area contributed by atoms with Gasteiger partial charge in [-0.2, -0.15) is 5.10 Å². The molecule has 1 N–H and O–H groups in total. The highest BCUT2D eigenvalue weighted by molar-refractivity contribution is 6.32. The number of nitrogens with one attached hydrogen (secondary N) is 1. The molecule has 0 saturated carbocycles. The highest BCUT2D eigenvalue weighted by Gasteiger charge is 2.18. The van der Waals surface area contributed by atoms with Crippen LogP contribution in [0.1, 0.15) is 33.3 Å². The van der Waals surface area contributed by atoms with Gasteiger partial charge in [0, 0.05) is 0 Å². The minimum absolute atomic E-state index is 0.0161. The lowest BCUT2D eigenvalue weighted by Crippen LogP contribution is -2.12. The van der Waals surface area contributed by atoms with Crippen LogP contribution in [0.25, 0.3) is 0 Å². The van der Waals surface area contributed by atoms with Crippen molar-refractivity contribution in [1.29, 1.82) is 0 Å². The highest BCUT2D eigenvalue weighted by Crippen LogP contribution is 2.26. The van der Waals surface area contributed by atoms with Gasteiger partial charge in [-0.15, -0.1) is 0 Å². The number of aromatic nitrogens is 2. The van der Waals surface area contributed by atoms with Crippen LogP contribution in [0.5, 0.6) is 5.75 Å². The van der Waals surface area contributed by atoms with Crippen LogP contribution in [0, 0.1) is 25.5 Å². The number of amides is 1. The van der Waals surface area contributed by atoms with Crippen molar-refractivity contribution in [2.75, 3.05) is 5.32 Å². The molecule has 1 amide bonds. The van der Waals surface area contributed by atoms with Gasteiger partial charge in [-0.3, -0.25) is 9.48 Å². The van der Waals surface area contributed by atoms with E-state index in [4.69, 9.17) is 20.8 Å². The fourth-order valence-electron chi connectivity index (χ4n) is 3.33. The Labute approximate surface area is 193 Å². The summed E-state index contributed by atoms with van der Waals surface area (Å²) in [5, 5.41) is 7.41. The highest BCUT2D eigenvalue weighted by atomic mass is 35.5. The van der Waals surface area contributed by atoms with Gasteiger partial charge in [0.25, 0.3) is 5.91 Å². The SMILES string of the molecule is Cc1nn(Cc2cccc(F)c2)c(C)c1NC(=O)c1ccc(COc2ccc(F)cc2Cl)o1. The van der Waals surface area contributed by atoms with Gasteiger partial charge >= 0.3 is 0 Å². The average Bonchev–Trinajstić information content (AvgIpc) is 3.34. The molecule has 0 radical (unpaired) electrons. The van der Waals surface area contributed by atoms with Crippen LogP contribution >= 0.6 is 11.6 Å². The molecule has 4 aromatic rings. The molecule has 2 aromatic carbocycles. The number of rotatable bonds is 7. The summed E-state index contributed by atoms with van der Waals surface area (Å²) in [6.07, 6.45) is 0. The van der Waals surface area contributed by atoms with E-state index in [1.54, 1.807) is 23.7 Å². The van der Waals surface area contributed by atoms with Gasteiger partial charge in [-0.1, -0.05) is 23.7 Å². The van der Waals surface area contributed by atoms with E-state index in [9.17, 15) is 13.6 Å². The molecule has 33 heavy (non-hydrogen) atoms. The number of furan rings is 1. The molecule has 0 spiro atoms. The number of ether oxygens (including phenoxy) is 1. The number of anilines is 1. The summed E-state index contributed by atoms with van der Waals surface area (Å²) in [4.78, 5) is 12.7. The maximum Gasteiger partial charge on any atom is 0.291 e. The molecular weight excluding hydrogens is 452 g/mol. The van der Waals surface area contributed by atoms with Crippen molar-refractivity contribution in [1.82, 2.24) is 9.78 Å². The van der Waals surface area contributed by atoms with Crippen molar-refractivity contribution in [2.45, 2.75) is 27.0 Å². The topological polar surface area (TPSA) is 69.3 Å². The first kappa shape index (κ1) is 22.5. The van der Waals surface area contributed by atoms with Gasteiger partial charge in [-0.25, -0.2) is 8.78 Å². The standard InChI is InChI=1S/C24H20ClF2N3O3/c1-14-23(15(2)30(29-14)12-16-4-3-5-17(26)10-16)28-24(31)22-9-7-19(33-22)13-32-21-8-6-18(27)11-20(21)25/h3-11H,12-13H2,1-2H3,(H,28,31). The Morgan fingerprint density at radius 2 is 1.91 bits per heavy atom. The van der Waals surface area contributed by atoms with Crippen molar-refractivity contribution in [3.63, 3.8) is 0 Å². The Bertz CT molecular complexity index is 1320. The summed E-state index contributed by atoms with van der Waals surface area (Å²) in [6, 6.07) is 13.2. The third-order valence-corrected chi connectivity index (χ3v) is 5.29. The van der Waals surface area contributed by atoms with Crippen LogP contribution in [0.15, 0.2) is 59.0 Å². The second-order valence-electron chi connectivity index (χ2n) is 7.42. The molecule has 0 aliphatic heterocycles. The van der Waals surface area contributed by atoms with Crippen molar-refractivity contribution >= 4 is 23.2 Å². The predicted octanol–water partition coefficient (Wildman–Crippen LogP) is 5.90. The second-order valence-corrected chi connectivity index (χ2v) is 7.82. The molecule has 0 atom stereocenters. The van der Waals surface area contributed by atoms with E-state index >= 15 is 0 Å². The lowest BCUT2D eigenvalue weighted by molar-refractivity contribution is 0.0992. The molecule has 2 heterocycles. The lowest BCUT2D eigenvalue weighted by atomic mass is 10.2. The first-order valence-corrected chi connectivity index (χ1v) is 10.4. The van der Waals surface area contributed by atoms with E-state index in [-0.39, 0.29) is 23.2 Å². The fraction of sp³-hybridized carbons (Fsp3) is 0.167. The molecule has 170 valence electrons. The first-order valence-electron chi connectivity index (χ1n) is 10.1. The summed E-state index contributed by atoms with van der Waals surface area (Å²) in [7, 11) is 0.